The van der Waals surface area contributed by atoms with Crippen LogP contribution < -0.4 is 5.32 Å². The summed E-state index contributed by atoms with van der Waals surface area (Å²) in [6.45, 7) is 1.52. The lowest BCUT2D eigenvalue weighted by molar-refractivity contribution is -0.114. The molecule has 22 heavy (non-hydrogen) atoms. The Kier molecular flexibility index (Phi) is 2.83. The fourth-order valence-corrected chi connectivity index (χ4v) is 3.11. The SMILES string of the molecule is CC(=O)Nc1ccc2c(ccc3c4ccccc4ccc23)c1. The predicted octanol–water partition coefficient (Wildman–Crippen LogP) is 5.10. The normalized spacial score (nSPS) is 11.1. The second kappa shape index (κ2) is 4.85. The molecular formula is C20H15NO. The van der Waals surface area contributed by atoms with Gasteiger partial charge < -0.3 is 5.32 Å². The van der Waals surface area contributed by atoms with Crippen LogP contribution in [-0.4, -0.2) is 5.91 Å². The maximum absolute atomic E-state index is 11.2. The maximum atomic E-state index is 11.2. The van der Waals surface area contributed by atoms with Gasteiger partial charge in [0, 0.05) is 12.6 Å². The molecule has 0 saturated heterocycles. The van der Waals surface area contributed by atoms with Gasteiger partial charge in [0.1, 0.15) is 0 Å². The molecule has 106 valence electrons. The van der Waals surface area contributed by atoms with Crippen molar-refractivity contribution >= 4 is 43.9 Å². The van der Waals surface area contributed by atoms with Crippen LogP contribution in [0.2, 0.25) is 0 Å². The second-order valence-electron chi connectivity index (χ2n) is 5.56. The van der Waals surface area contributed by atoms with E-state index >= 15 is 0 Å². The van der Waals surface area contributed by atoms with Crippen molar-refractivity contribution in [3.05, 3.63) is 66.7 Å². The molecule has 1 amide bonds. The molecule has 0 saturated carbocycles. The molecule has 0 heterocycles. The number of rotatable bonds is 1. The first-order valence-corrected chi connectivity index (χ1v) is 7.34. The van der Waals surface area contributed by atoms with E-state index in [1.54, 1.807) is 0 Å². The Hall–Kier alpha value is -2.87. The minimum atomic E-state index is -0.0499. The highest BCUT2D eigenvalue weighted by Gasteiger charge is 2.05. The van der Waals surface area contributed by atoms with Crippen LogP contribution in [0.5, 0.6) is 0 Å². The maximum Gasteiger partial charge on any atom is 0.221 e. The van der Waals surface area contributed by atoms with Gasteiger partial charge in [-0.2, -0.15) is 0 Å². The molecule has 0 spiro atoms. The minimum Gasteiger partial charge on any atom is -0.326 e. The first kappa shape index (κ1) is 12.8. The third-order valence-corrected chi connectivity index (χ3v) is 4.06. The number of carbonyl (C=O) groups is 1. The Bertz CT molecular complexity index is 1030. The topological polar surface area (TPSA) is 29.1 Å². The third kappa shape index (κ3) is 2.01. The predicted molar refractivity (Wildman–Crippen MR) is 93.3 cm³/mol. The molecule has 0 aliphatic heterocycles. The summed E-state index contributed by atoms with van der Waals surface area (Å²) in [5, 5.41) is 10.2. The van der Waals surface area contributed by atoms with Gasteiger partial charge in [-0.15, -0.1) is 0 Å². The van der Waals surface area contributed by atoms with Crippen LogP contribution in [0.3, 0.4) is 0 Å². The number of hydrogen-bond acceptors (Lipinski definition) is 1. The molecule has 2 heteroatoms. The summed E-state index contributed by atoms with van der Waals surface area (Å²) in [5.74, 6) is -0.0499. The van der Waals surface area contributed by atoms with Gasteiger partial charge in [0.2, 0.25) is 5.91 Å². The van der Waals surface area contributed by atoms with E-state index in [2.05, 4.69) is 59.9 Å². The molecule has 1 N–H and O–H groups in total. The van der Waals surface area contributed by atoms with Gasteiger partial charge in [-0.1, -0.05) is 54.6 Å². The fraction of sp³-hybridized carbons (Fsp3) is 0.0500. The summed E-state index contributed by atoms with van der Waals surface area (Å²) in [6, 6.07) is 23.1. The van der Waals surface area contributed by atoms with Gasteiger partial charge in [0.15, 0.2) is 0 Å². The number of carbonyl (C=O) groups excluding carboxylic acids is 1. The van der Waals surface area contributed by atoms with Gasteiger partial charge in [-0.05, 0) is 44.5 Å². The number of amides is 1. The minimum absolute atomic E-state index is 0.0499. The quantitative estimate of drug-likeness (QED) is 0.484. The van der Waals surface area contributed by atoms with Gasteiger partial charge in [0.25, 0.3) is 0 Å². The lowest BCUT2D eigenvalue weighted by Gasteiger charge is -2.09. The average molecular weight is 285 g/mol. The van der Waals surface area contributed by atoms with Crippen molar-refractivity contribution in [1.29, 1.82) is 0 Å². The van der Waals surface area contributed by atoms with Crippen LogP contribution in [0, 0.1) is 0 Å². The number of hydrogen-bond donors (Lipinski definition) is 1. The van der Waals surface area contributed by atoms with E-state index in [1.165, 1.54) is 33.9 Å². The van der Waals surface area contributed by atoms with E-state index in [0.29, 0.717) is 0 Å². The van der Waals surface area contributed by atoms with E-state index in [-0.39, 0.29) is 5.91 Å². The first-order valence-electron chi connectivity index (χ1n) is 7.34. The van der Waals surface area contributed by atoms with Gasteiger partial charge in [0.05, 0.1) is 0 Å². The summed E-state index contributed by atoms with van der Waals surface area (Å²) in [7, 11) is 0. The Morgan fingerprint density at radius 1 is 0.727 bits per heavy atom. The zero-order chi connectivity index (χ0) is 15.1. The van der Waals surface area contributed by atoms with Crippen molar-refractivity contribution in [2.45, 2.75) is 6.92 Å². The lowest BCUT2D eigenvalue weighted by Crippen LogP contribution is -2.05. The monoisotopic (exact) mass is 285 g/mol. The molecule has 0 radical (unpaired) electrons. The molecule has 4 rings (SSSR count). The number of benzene rings is 4. The van der Waals surface area contributed by atoms with Gasteiger partial charge in [-0.3, -0.25) is 4.79 Å². The summed E-state index contributed by atoms with van der Waals surface area (Å²) in [5.41, 5.74) is 0.833. The standard InChI is InChI=1S/C20H15NO/c1-13(22)21-16-8-11-18-15(12-16)7-10-19-17-5-3-2-4-14(17)6-9-20(18)19/h2-12H,1H3,(H,21,22). The van der Waals surface area contributed by atoms with E-state index in [9.17, 15) is 4.79 Å². The summed E-state index contributed by atoms with van der Waals surface area (Å²) in [4.78, 5) is 11.2. The smallest absolute Gasteiger partial charge is 0.221 e. The van der Waals surface area contributed by atoms with E-state index in [1.807, 2.05) is 12.1 Å². The Morgan fingerprint density at radius 3 is 2.14 bits per heavy atom. The second-order valence-corrected chi connectivity index (χ2v) is 5.56. The largest absolute Gasteiger partial charge is 0.326 e. The van der Waals surface area contributed by atoms with Crippen LogP contribution in [-0.2, 0) is 4.79 Å². The van der Waals surface area contributed by atoms with Crippen molar-refractivity contribution in [2.24, 2.45) is 0 Å². The molecule has 0 aliphatic carbocycles. The molecule has 2 nitrogen and oxygen atoms in total. The molecule has 4 aromatic carbocycles. The number of nitrogens with one attached hydrogen (secondary N) is 1. The van der Waals surface area contributed by atoms with Crippen LogP contribution >= 0.6 is 0 Å². The Balaban J connectivity index is 2.03. The van der Waals surface area contributed by atoms with Crippen molar-refractivity contribution in [2.75, 3.05) is 5.32 Å². The first-order chi connectivity index (χ1) is 10.7. The van der Waals surface area contributed by atoms with Gasteiger partial charge in [-0.25, -0.2) is 0 Å². The molecule has 0 fully saturated rings. The van der Waals surface area contributed by atoms with Crippen LogP contribution in [0.1, 0.15) is 6.92 Å². The van der Waals surface area contributed by atoms with Gasteiger partial charge >= 0.3 is 0 Å². The third-order valence-electron chi connectivity index (χ3n) is 4.06. The zero-order valence-electron chi connectivity index (χ0n) is 12.3. The van der Waals surface area contributed by atoms with Crippen molar-refractivity contribution in [3.63, 3.8) is 0 Å². The molecule has 4 aromatic rings. The zero-order valence-corrected chi connectivity index (χ0v) is 12.3. The highest BCUT2D eigenvalue weighted by molar-refractivity contribution is 6.17. The fourth-order valence-electron chi connectivity index (χ4n) is 3.11. The van der Waals surface area contributed by atoms with E-state index < -0.39 is 0 Å². The van der Waals surface area contributed by atoms with Crippen molar-refractivity contribution in [3.8, 4) is 0 Å². The summed E-state index contributed by atoms with van der Waals surface area (Å²) in [6.07, 6.45) is 0. The number of fused-ring (bicyclic) bond motifs is 5. The number of anilines is 1. The summed E-state index contributed by atoms with van der Waals surface area (Å²) < 4.78 is 0. The van der Waals surface area contributed by atoms with E-state index in [4.69, 9.17) is 0 Å². The van der Waals surface area contributed by atoms with Crippen LogP contribution in [0.25, 0.3) is 32.3 Å². The van der Waals surface area contributed by atoms with Crippen molar-refractivity contribution < 1.29 is 4.79 Å². The average Bonchev–Trinajstić information content (AvgIpc) is 2.53. The Morgan fingerprint density at radius 2 is 1.36 bits per heavy atom. The van der Waals surface area contributed by atoms with Crippen molar-refractivity contribution in [1.82, 2.24) is 0 Å². The molecule has 0 bridgehead atoms. The molecular weight excluding hydrogens is 270 g/mol. The van der Waals surface area contributed by atoms with Crippen LogP contribution in [0.15, 0.2) is 66.7 Å². The lowest BCUT2D eigenvalue weighted by atomic mass is 9.97. The Labute approximate surface area is 128 Å². The molecule has 0 unspecified atom stereocenters. The highest BCUT2D eigenvalue weighted by atomic mass is 16.1. The highest BCUT2D eigenvalue weighted by Crippen LogP contribution is 2.32. The molecule has 0 atom stereocenters. The van der Waals surface area contributed by atoms with E-state index in [0.717, 1.165) is 11.1 Å². The van der Waals surface area contributed by atoms with Crippen LogP contribution in [0.4, 0.5) is 5.69 Å². The molecule has 0 aromatic heterocycles. The summed E-state index contributed by atoms with van der Waals surface area (Å²) >= 11 is 0. The molecule has 0 aliphatic rings.